The Labute approximate surface area is 160 Å². The minimum absolute atomic E-state index is 0.328. The summed E-state index contributed by atoms with van der Waals surface area (Å²) in [6.45, 7) is 0. The van der Waals surface area contributed by atoms with Crippen molar-refractivity contribution in [2.45, 2.75) is 0 Å². The molecular weight excluding hydrogens is 373 g/mol. The Morgan fingerprint density at radius 1 is 1.04 bits per heavy atom. The molecule has 0 saturated carbocycles. The normalized spacial score (nSPS) is 10.3. The smallest absolute Gasteiger partial charge is 0.257 e. The van der Waals surface area contributed by atoms with Gasteiger partial charge in [0, 0.05) is 11.2 Å². The molecule has 7 heteroatoms. The molecule has 0 atom stereocenters. The topological polar surface area (TPSA) is 63.2 Å². The molecule has 1 heterocycles. The maximum Gasteiger partial charge on any atom is 0.257 e. The van der Waals surface area contributed by atoms with Crippen LogP contribution < -0.4 is 15.4 Å². The summed E-state index contributed by atoms with van der Waals surface area (Å²) in [6.07, 6.45) is 1.48. The third-order valence-corrected chi connectivity index (χ3v) is 4.14. The van der Waals surface area contributed by atoms with Crippen LogP contribution in [0.25, 0.3) is 0 Å². The van der Waals surface area contributed by atoms with E-state index in [2.05, 4.69) is 15.6 Å². The van der Waals surface area contributed by atoms with E-state index in [4.69, 9.17) is 27.9 Å². The van der Waals surface area contributed by atoms with Gasteiger partial charge in [-0.1, -0.05) is 35.3 Å². The summed E-state index contributed by atoms with van der Waals surface area (Å²) < 4.78 is 5.29. The van der Waals surface area contributed by atoms with Crippen molar-refractivity contribution in [3.8, 4) is 5.75 Å². The maximum atomic E-state index is 12.4. The van der Waals surface area contributed by atoms with Gasteiger partial charge >= 0.3 is 0 Å². The maximum absolute atomic E-state index is 12.4. The molecule has 3 aromatic rings. The Balaban J connectivity index is 1.73. The molecule has 2 aromatic carbocycles. The Morgan fingerprint density at radius 2 is 1.85 bits per heavy atom. The van der Waals surface area contributed by atoms with E-state index >= 15 is 0 Å². The highest BCUT2D eigenvalue weighted by atomic mass is 35.5. The zero-order valence-electron chi connectivity index (χ0n) is 13.8. The predicted octanol–water partition coefficient (Wildman–Crippen LogP) is 5.39. The number of ether oxygens (including phenoxy) is 1. The molecule has 0 aliphatic heterocycles. The molecular formula is C19H15Cl2N3O2. The van der Waals surface area contributed by atoms with Gasteiger partial charge < -0.3 is 15.4 Å². The summed E-state index contributed by atoms with van der Waals surface area (Å²) in [7, 11) is 1.60. The second kappa shape index (κ2) is 8.08. The number of carbonyl (C=O) groups is 1. The highest BCUT2D eigenvalue weighted by molar-refractivity contribution is 6.35. The van der Waals surface area contributed by atoms with Gasteiger partial charge in [-0.2, -0.15) is 0 Å². The predicted molar refractivity (Wildman–Crippen MR) is 105 cm³/mol. The van der Waals surface area contributed by atoms with Gasteiger partial charge in [0.1, 0.15) is 11.6 Å². The van der Waals surface area contributed by atoms with Gasteiger partial charge in [0.2, 0.25) is 0 Å². The Hall–Kier alpha value is -2.76. The van der Waals surface area contributed by atoms with Crippen molar-refractivity contribution >= 4 is 46.3 Å². The third-order valence-electron chi connectivity index (χ3n) is 3.57. The highest BCUT2D eigenvalue weighted by Gasteiger charge is 2.10. The number of hydrogen-bond donors (Lipinski definition) is 2. The summed E-state index contributed by atoms with van der Waals surface area (Å²) in [4.78, 5) is 16.6. The van der Waals surface area contributed by atoms with E-state index in [0.29, 0.717) is 32.9 Å². The second-order valence-electron chi connectivity index (χ2n) is 5.34. The van der Waals surface area contributed by atoms with Crippen molar-refractivity contribution in [3.05, 3.63) is 76.4 Å². The largest absolute Gasteiger partial charge is 0.495 e. The summed E-state index contributed by atoms with van der Waals surface area (Å²) >= 11 is 12.0. The lowest BCUT2D eigenvalue weighted by atomic mass is 10.2. The molecule has 26 heavy (non-hydrogen) atoms. The molecule has 0 saturated heterocycles. The average molecular weight is 388 g/mol. The van der Waals surface area contributed by atoms with Gasteiger partial charge in [0.25, 0.3) is 5.91 Å². The summed E-state index contributed by atoms with van der Waals surface area (Å²) in [5.41, 5.74) is 1.62. The van der Waals surface area contributed by atoms with Gasteiger partial charge in [-0.15, -0.1) is 0 Å². The van der Waals surface area contributed by atoms with Crippen LogP contribution in [0.5, 0.6) is 5.75 Å². The van der Waals surface area contributed by atoms with E-state index in [-0.39, 0.29) is 5.91 Å². The lowest BCUT2D eigenvalue weighted by Gasteiger charge is -2.11. The molecule has 3 rings (SSSR count). The van der Waals surface area contributed by atoms with Crippen LogP contribution in [-0.2, 0) is 0 Å². The molecule has 0 aliphatic carbocycles. The van der Waals surface area contributed by atoms with Crippen molar-refractivity contribution in [1.29, 1.82) is 0 Å². The molecule has 132 valence electrons. The lowest BCUT2D eigenvalue weighted by molar-refractivity contribution is 0.102. The van der Waals surface area contributed by atoms with Crippen LogP contribution >= 0.6 is 23.2 Å². The minimum Gasteiger partial charge on any atom is -0.495 e. The number of nitrogens with one attached hydrogen (secondary N) is 2. The summed E-state index contributed by atoms with van der Waals surface area (Å²) in [5.74, 6) is 0.962. The first kappa shape index (κ1) is 18.0. The van der Waals surface area contributed by atoms with Crippen LogP contribution in [0, 0.1) is 0 Å². The first-order valence-corrected chi connectivity index (χ1v) is 8.45. The number of amides is 1. The van der Waals surface area contributed by atoms with Crippen LogP contribution in [0.15, 0.2) is 60.8 Å². The average Bonchev–Trinajstić information content (AvgIpc) is 2.65. The van der Waals surface area contributed by atoms with Gasteiger partial charge in [-0.25, -0.2) is 4.98 Å². The highest BCUT2D eigenvalue weighted by Crippen LogP contribution is 2.27. The molecule has 0 radical (unpaired) electrons. The molecule has 0 spiro atoms. The number of anilines is 3. The lowest BCUT2D eigenvalue weighted by Crippen LogP contribution is -2.12. The first-order chi connectivity index (χ1) is 12.6. The molecule has 0 fully saturated rings. The van der Waals surface area contributed by atoms with E-state index in [1.807, 2.05) is 24.3 Å². The van der Waals surface area contributed by atoms with Crippen molar-refractivity contribution in [2.75, 3.05) is 17.7 Å². The number of halogens is 2. The molecule has 0 unspecified atom stereocenters. The van der Waals surface area contributed by atoms with Crippen LogP contribution in [0.4, 0.5) is 17.2 Å². The Morgan fingerprint density at radius 3 is 2.58 bits per heavy atom. The summed E-state index contributed by atoms with van der Waals surface area (Å²) in [5, 5.41) is 6.76. The molecule has 1 aromatic heterocycles. The van der Waals surface area contributed by atoms with E-state index in [1.165, 1.54) is 6.20 Å². The van der Waals surface area contributed by atoms with E-state index < -0.39 is 0 Å². The number of methoxy groups -OCH3 is 1. The van der Waals surface area contributed by atoms with Crippen LogP contribution in [-0.4, -0.2) is 18.0 Å². The Kier molecular flexibility index (Phi) is 5.61. The van der Waals surface area contributed by atoms with E-state index in [9.17, 15) is 4.79 Å². The van der Waals surface area contributed by atoms with Gasteiger partial charge in [-0.3, -0.25) is 4.79 Å². The third kappa shape index (κ3) is 4.25. The number of aromatic nitrogens is 1. The fourth-order valence-electron chi connectivity index (χ4n) is 2.28. The van der Waals surface area contributed by atoms with Crippen molar-refractivity contribution in [3.63, 3.8) is 0 Å². The SMILES string of the molecule is COc1ccccc1Nc1ccc(C(=O)Nc2cc(Cl)ccc2Cl)cn1. The number of rotatable bonds is 5. The molecule has 0 aliphatic rings. The zero-order chi connectivity index (χ0) is 18.5. The van der Waals surface area contributed by atoms with Crippen LogP contribution in [0.3, 0.4) is 0 Å². The number of pyridine rings is 1. The van der Waals surface area contributed by atoms with E-state index in [0.717, 1.165) is 5.69 Å². The fourth-order valence-corrected chi connectivity index (χ4v) is 2.61. The second-order valence-corrected chi connectivity index (χ2v) is 6.18. The Bertz CT molecular complexity index is 930. The summed E-state index contributed by atoms with van der Waals surface area (Å²) in [6, 6.07) is 15.7. The number of hydrogen-bond acceptors (Lipinski definition) is 4. The van der Waals surface area contributed by atoms with Crippen molar-refractivity contribution in [2.24, 2.45) is 0 Å². The van der Waals surface area contributed by atoms with Crippen LogP contribution in [0.2, 0.25) is 10.0 Å². The van der Waals surface area contributed by atoms with Crippen molar-refractivity contribution in [1.82, 2.24) is 4.98 Å². The zero-order valence-corrected chi connectivity index (χ0v) is 15.3. The van der Waals surface area contributed by atoms with Crippen LogP contribution in [0.1, 0.15) is 10.4 Å². The number of carbonyl (C=O) groups excluding carboxylic acids is 1. The van der Waals surface area contributed by atoms with Gasteiger partial charge in [0.15, 0.2) is 0 Å². The van der Waals surface area contributed by atoms with Gasteiger partial charge in [-0.05, 0) is 42.5 Å². The molecule has 5 nitrogen and oxygen atoms in total. The van der Waals surface area contributed by atoms with Gasteiger partial charge in [0.05, 0.1) is 29.1 Å². The standard InChI is InChI=1S/C19H15Cl2N3O2/c1-26-17-5-3-2-4-15(17)23-18-9-6-12(11-22-18)19(25)24-16-10-13(20)7-8-14(16)21/h2-11H,1H3,(H,22,23)(H,24,25). The first-order valence-electron chi connectivity index (χ1n) is 7.69. The van der Waals surface area contributed by atoms with Crippen molar-refractivity contribution < 1.29 is 9.53 Å². The number of para-hydroxylation sites is 2. The number of nitrogens with zero attached hydrogens (tertiary/aromatic N) is 1. The monoisotopic (exact) mass is 387 g/mol. The minimum atomic E-state index is -0.328. The van der Waals surface area contributed by atoms with E-state index in [1.54, 1.807) is 37.4 Å². The molecule has 1 amide bonds. The molecule has 2 N–H and O–H groups in total. The molecule has 0 bridgehead atoms. The number of benzene rings is 2. The quantitative estimate of drug-likeness (QED) is 0.615. The fraction of sp³-hybridized carbons (Fsp3) is 0.0526.